The molecule has 1 aliphatic rings. The summed E-state index contributed by atoms with van der Waals surface area (Å²) in [5, 5.41) is 3.63. The van der Waals surface area contributed by atoms with Gasteiger partial charge in [0.05, 0.1) is 0 Å². The van der Waals surface area contributed by atoms with Gasteiger partial charge in [0.1, 0.15) is 12.4 Å². The number of hydrogen-bond donors (Lipinski definition) is 1. The Bertz CT molecular complexity index is 416. The second-order valence-corrected chi connectivity index (χ2v) is 5.87. The van der Waals surface area contributed by atoms with Crippen molar-refractivity contribution in [1.29, 1.82) is 0 Å². The summed E-state index contributed by atoms with van der Waals surface area (Å²) in [6, 6.07) is 8.91. The number of benzene rings is 1. The van der Waals surface area contributed by atoms with E-state index >= 15 is 0 Å². The molecule has 0 heterocycles. The molecule has 110 valence electrons. The molecule has 1 aromatic rings. The first-order valence-electron chi connectivity index (χ1n) is 7.84. The minimum Gasteiger partial charge on any atom is -0.492 e. The summed E-state index contributed by atoms with van der Waals surface area (Å²) in [5.74, 6) is 1.86. The zero-order valence-electron chi connectivity index (χ0n) is 12.6. The van der Waals surface area contributed by atoms with Crippen LogP contribution in [0.1, 0.15) is 38.2 Å². The van der Waals surface area contributed by atoms with Crippen LogP contribution in [0, 0.1) is 5.92 Å². The summed E-state index contributed by atoms with van der Waals surface area (Å²) in [5.41, 5.74) is 1.22. The van der Waals surface area contributed by atoms with Gasteiger partial charge < -0.3 is 10.1 Å². The second-order valence-electron chi connectivity index (χ2n) is 5.87. The summed E-state index contributed by atoms with van der Waals surface area (Å²) in [4.78, 5) is 0. The van der Waals surface area contributed by atoms with Crippen LogP contribution in [-0.2, 0) is 6.42 Å². The first-order chi connectivity index (χ1) is 9.79. The van der Waals surface area contributed by atoms with Gasteiger partial charge in [-0.3, -0.25) is 0 Å². The Kier molecular flexibility index (Phi) is 6.13. The van der Waals surface area contributed by atoms with E-state index in [4.69, 9.17) is 4.74 Å². The van der Waals surface area contributed by atoms with Crippen molar-refractivity contribution in [2.75, 3.05) is 13.2 Å². The summed E-state index contributed by atoms with van der Waals surface area (Å²) in [7, 11) is 0. The van der Waals surface area contributed by atoms with Crippen LogP contribution in [0.15, 0.2) is 36.9 Å². The predicted octanol–water partition coefficient (Wildman–Crippen LogP) is 3.96. The average Bonchev–Trinajstić information content (AvgIpc) is 2.46. The lowest BCUT2D eigenvalue weighted by Gasteiger charge is -2.27. The zero-order chi connectivity index (χ0) is 14.2. The topological polar surface area (TPSA) is 21.3 Å². The highest BCUT2D eigenvalue weighted by Gasteiger charge is 2.17. The van der Waals surface area contributed by atoms with Gasteiger partial charge in [-0.05, 0) is 36.8 Å². The smallest absolute Gasteiger partial charge is 0.122 e. The van der Waals surface area contributed by atoms with Gasteiger partial charge in [-0.1, -0.05) is 44.0 Å². The highest BCUT2D eigenvalue weighted by Crippen LogP contribution is 2.23. The molecule has 2 rings (SSSR count). The predicted molar refractivity (Wildman–Crippen MR) is 85.3 cm³/mol. The standard InChI is InChI=1S/C18H27NO/c1-3-7-16-9-4-5-11-18(16)20-13-12-19-17-10-6-8-15(2)14-17/h3-5,9,11,15,17,19H,1,6-8,10,12-14H2,2H3. The molecule has 0 bridgehead atoms. The van der Waals surface area contributed by atoms with Gasteiger partial charge in [0, 0.05) is 12.6 Å². The van der Waals surface area contributed by atoms with E-state index in [1.807, 2.05) is 24.3 Å². The Hall–Kier alpha value is -1.28. The van der Waals surface area contributed by atoms with Crippen LogP contribution >= 0.6 is 0 Å². The van der Waals surface area contributed by atoms with Crippen molar-refractivity contribution < 1.29 is 4.74 Å². The van der Waals surface area contributed by atoms with Crippen molar-refractivity contribution in [3.8, 4) is 5.75 Å². The monoisotopic (exact) mass is 273 g/mol. The van der Waals surface area contributed by atoms with Crippen LogP contribution in [0.25, 0.3) is 0 Å². The van der Waals surface area contributed by atoms with E-state index in [2.05, 4.69) is 24.9 Å². The second kappa shape index (κ2) is 8.11. The van der Waals surface area contributed by atoms with E-state index < -0.39 is 0 Å². The normalized spacial score (nSPS) is 22.4. The molecular weight excluding hydrogens is 246 g/mol. The van der Waals surface area contributed by atoms with Gasteiger partial charge >= 0.3 is 0 Å². The molecule has 0 aliphatic heterocycles. The Balaban J connectivity index is 1.71. The fourth-order valence-electron chi connectivity index (χ4n) is 3.01. The fourth-order valence-corrected chi connectivity index (χ4v) is 3.01. The molecule has 1 saturated carbocycles. The molecule has 0 amide bonds. The lowest BCUT2D eigenvalue weighted by Crippen LogP contribution is -2.36. The Morgan fingerprint density at radius 3 is 3.00 bits per heavy atom. The maximum Gasteiger partial charge on any atom is 0.122 e. The van der Waals surface area contributed by atoms with Gasteiger partial charge in [0.2, 0.25) is 0 Å². The van der Waals surface area contributed by atoms with E-state index in [0.29, 0.717) is 6.04 Å². The zero-order valence-corrected chi connectivity index (χ0v) is 12.6. The molecule has 0 aromatic heterocycles. The molecule has 2 heteroatoms. The van der Waals surface area contributed by atoms with Crippen molar-refractivity contribution in [1.82, 2.24) is 5.32 Å². The van der Waals surface area contributed by atoms with Gasteiger partial charge in [-0.2, -0.15) is 0 Å². The maximum atomic E-state index is 5.90. The minimum atomic E-state index is 0.686. The highest BCUT2D eigenvalue weighted by molar-refractivity contribution is 5.34. The third kappa shape index (κ3) is 4.68. The van der Waals surface area contributed by atoms with Gasteiger partial charge in [-0.15, -0.1) is 6.58 Å². The number of nitrogens with one attached hydrogen (secondary N) is 1. The van der Waals surface area contributed by atoms with E-state index in [1.165, 1.54) is 31.2 Å². The Morgan fingerprint density at radius 2 is 2.20 bits per heavy atom. The number of para-hydroxylation sites is 1. The van der Waals surface area contributed by atoms with E-state index in [-0.39, 0.29) is 0 Å². The number of allylic oxidation sites excluding steroid dienone is 1. The van der Waals surface area contributed by atoms with E-state index in [9.17, 15) is 0 Å². The lowest BCUT2D eigenvalue weighted by atomic mass is 9.87. The molecule has 2 atom stereocenters. The van der Waals surface area contributed by atoms with Crippen LogP contribution in [0.4, 0.5) is 0 Å². The van der Waals surface area contributed by atoms with Crippen molar-refractivity contribution in [2.24, 2.45) is 5.92 Å². The third-order valence-electron chi connectivity index (χ3n) is 4.07. The number of rotatable bonds is 7. The third-order valence-corrected chi connectivity index (χ3v) is 4.07. The molecule has 20 heavy (non-hydrogen) atoms. The molecule has 0 spiro atoms. The van der Waals surface area contributed by atoms with Crippen molar-refractivity contribution in [2.45, 2.75) is 45.1 Å². The maximum absolute atomic E-state index is 5.90. The largest absolute Gasteiger partial charge is 0.492 e. The summed E-state index contributed by atoms with van der Waals surface area (Å²) < 4.78 is 5.90. The van der Waals surface area contributed by atoms with E-state index in [0.717, 1.165) is 31.2 Å². The summed E-state index contributed by atoms with van der Waals surface area (Å²) in [6.45, 7) is 7.82. The summed E-state index contributed by atoms with van der Waals surface area (Å²) in [6.07, 6.45) is 8.17. The molecule has 2 unspecified atom stereocenters. The quantitative estimate of drug-likeness (QED) is 0.599. The Labute approximate surface area is 123 Å². The molecule has 0 saturated heterocycles. The van der Waals surface area contributed by atoms with Gasteiger partial charge in [0.15, 0.2) is 0 Å². The minimum absolute atomic E-state index is 0.686. The molecule has 1 N–H and O–H groups in total. The van der Waals surface area contributed by atoms with Crippen molar-refractivity contribution in [3.05, 3.63) is 42.5 Å². The molecule has 2 nitrogen and oxygen atoms in total. The van der Waals surface area contributed by atoms with E-state index in [1.54, 1.807) is 0 Å². The molecule has 0 radical (unpaired) electrons. The van der Waals surface area contributed by atoms with Crippen LogP contribution in [-0.4, -0.2) is 19.2 Å². The molecular formula is C18H27NO. The van der Waals surface area contributed by atoms with Crippen molar-refractivity contribution in [3.63, 3.8) is 0 Å². The van der Waals surface area contributed by atoms with Crippen LogP contribution < -0.4 is 10.1 Å². The number of ether oxygens (including phenoxy) is 1. The molecule has 1 aliphatic carbocycles. The van der Waals surface area contributed by atoms with Crippen LogP contribution in [0.3, 0.4) is 0 Å². The van der Waals surface area contributed by atoms with Crippen LogP contribution in [0.5, 0.6) is 5.75 Å². The van der Waals surface area contributed by atoms with Crippen molar-refractivity contribution >= 4 is 0 Å². The van der Waals surface area contributed by atoms with Gasteiger partial charge in [0.25, 0.3) is 0 Å². The molecule has 1 fully saturated rings. The first-order valence-corrected chi connectivity index (χ1v) is 7.84. The van der Waals surface area contributed by atoms with Crippen LogP contribution in [0.2, 0.25) is 0 Å². The average molecular weight is 273 g/mol. The highest BCUT2D eigenvalue weighted by atomic mass is 16.5. The summed E-state index contributed by atoms with van der Waals surface area (Å²) >= 11 is 0. The van der Waals surface area contributed by atoms with Gasteiger partial charge in [-0.25, -0.2) is 0 Å². The Morgan fingerprint density at radius 1 is 1.35 bits per heavy atom. The fraction of sp³-hybridized carbons (Fsp3) is 0.556. The SMILES string of the molecule is C=CCc1ccccc1OCCNC1CCCC(C)C1. The first kappa shape index (κ1) is 15.1. The molecule has 1 aromatic carbocycles. The number of hydrogen-bond acceptors (Lipinski definition) is 2. The lowest BCUT2D eigenvalue weighted by molar-refractivity contribution is 0.265.